The highest BCUT2D eigenvalue weighted by Gasteiger charge is 2.27. The van der Waals surface area contributed by atoms with Crippen LogP contribution in [0.1, 0.15) is 34.8 Å². The lowest BCUT2D eigenvalue weighted by atomic mass is 9.95. The number of fused-ring (bicyclic) bond motifs is 1. The zero-order valence-corrected chi connectivity index (χ0v) is 18.6. The summed E-state index contributed by atoms with van der Waals surface area (Å²) in [4.78, 5) is 35.9. The topological polar surface area (TPSA) is 103 Å². The van der Waals surface area contributed by atoms with Gasteiger partial charge in [-0.2, -0.15) is 0 Å². The molecule has 2 aromatic carbocycles. The summed E-state index contributed by atoms with van der Waals surface area (Å²) in [6.45, 7) is 2.78. The van der Waals surface area contributed by atoms with Crippen LogP contribution in [0, 0.1) is 0 Å². The van der Waals surface area contributed by atoms with Crippen molar-refractivity contribution in [1.29, 1.82) is 0 Å². The Hall–Kier alpha value is -3.33. The van der Waals surface area contributed by atoms with E-state index in [9.17, 15) is 14.4 Å². The molecule has 0 saturated heterocycles. The van der Waals surface area contributed by atoms with Gasteiger partial charge in [-0.3, -0.25) is 14.9 Å². The van der Waals surface area contributed by atoms with Crippen LogP contribution in [0.4, 0.5) is 4.79 Å². The summed E-state index contributed by atoms with van der Waals surface area (Å²) >= 11 is 3.37. The fraction of sp³-hybridized carbons (Fsp3) is 0.227. The minimum absolute atomic E-state index is 0.238. The number of carbonyl (C=O) groups is 3. The monoisotopic (exact) mass is 488 g/mol. The molecule has 162 valence electrons. The van der Waals surface area contributed by atoms with Crippen LogP contribution in [0.2, 0.25) is 0 Å². The lowest BCUT2D eigenvalue weighted by molar-refractivity contribution is -0.114. The van der Waals surface area contributed by atoms with Crippen molar-refractivity contribution in [1.82, 2.24) is 10.6 Å². The van der Waals surface area contributed by atoms with Crippen LogP contribution in [0.5, 0.6) is 11.5 Å². The lowest BCUT2D eigenvalue weighted by Crippen LogP contribution is -2.37. The average molecular weight is 489 g/mol. The number of rotatable bonds is 7. The van der Waals surface area contributed by atoms with Crippen LogP contribution in [-0.4, -0.2) is 31.7 Å². The van der Waals surface area contributed by atoms with Gasteiger partial charge in [-0.25, -0.2) is 4.79 Å². The summed E-state index contributed by atoms with van der Waals surface area (Å²) in [5.74, 6) is -0.251. The summed E-state index contributed by atoms with van der Waals surface area (Å²) in [6, 6.07) is 10.3. The molecular formula is C22H21BrN2O6. The van der Waals surface area contributed by atoms with E-state index in [2.05, 4.69) is 31.3 Å². The van der Waals surface area contributed by atoms with E-state index in [1.165, 1.54) is 7.11 Å². The summed E-state index contributed by atoms with van der Waals surface area (Å²) in [5.41, 5.74) is 2.07. The molecular weight excluding hydrogens is 468 g/mol. The van der Waals surface area contributed by atoms with Gasteiger partial charge in [0.2, 0.25) is 0 Å². The SMILES string of the molecule is CCCOc1ccc(CN/C=C2\C(=O)NC(=O)c3ccc(Br)cc32)cc1OC(=O)OC. The van der Waals surface area contributed by atoms with Crippen LogP contribution in [0.3, 0.4) is 0 Å². The maximum Gasteiger partial charge on any atom is 0.513 e. The minimum Gasteiger partial charge on any atom is -0.490 e. The summed E-state index contributed by atoms with van der Waals surface area (Å²) < 4.78 is 16.1. The van der Waals surface area contributed by atoms with Gasteiger partial charge in [0.1, 0.15) is 0 Å². The van der Waals surface area contributed by atoms with Gasteiger partial charge >= 0.3 is 6.16 Å². The molecule has 0 aromatic heterocycles. The third kappa shape index (κ3) is 5.43. The molecule has 0 atom stereocenters. The lowest BCUT2D eigenvalue weighted by Gasteiger charge is -2.18. The number of methoxy groups -OCH3 is 1. The van der Waals surface area contributed by atoms with E-state index in [4.69, 9.17) is 9.47 Å². The predicted molar refractivity (Wildman–Crippen MR) is 117 cm³/mol. The number of hydrogen-bond donors (Lipinski definition) is 2. The third-order valence-corrected chi connectivity index (χ3v) is 4.86. The Bertz CT molecular complexity index is 1050. The maximum absolute atomic E-state index is 12.3. The van der Waals surface area contributed by atoms with Gasteiger partial charge in [0.15, 0.2) is 11.5 Å². The van der Waals surface area contributed by atoms with Crippen molar-refractivity contribution in [3.63, 3.8) is 0 Å². The first-order valence-corrected chi connectivity index (χ1v) is 10.3. The Balaban J connectivity index is 1.80. The van der Waals surface area contributed by atoms with E-state index in [1.54, 1.807) is 36.5 Å². The fourth-order valence-electron chi connectivity index (χ4n) is 2.92. The predicted octanol–water partition coefficient (Wildman–Crippen LogP) is 3.78. The summed E-state index contributed by atoms with van der Waals surface area (Å²) in [5, 5.41) is 5.40. The first-order chi connectivity index (χ1) is 14.9. The molecule has 0 saturated carbocycles. The van der Waals surface area contributed by atoms with Crippen molar-refractivity contribution in [3.05, 3.63) is 63.8 Å². The number of amides is 2. The number of nitrogens with one attached hydrogen (secondary N) is 2. The van der Waals surface area contributed by atoms with Crippen molar-refractivity contribution in [3.8, 4) is 11.5 Å². The molecule has 2 aromatic rings. The Labute approximate surface area is 187 Å². The van der Waals surface area contributed by atoms with Crippen LogP contribution in [0.15, 0.2) is 47.1 Å². The minimum atomic E-state index is -0.848. The zero-order valence-electron chi connectivity index (χ0n) is 17.0. The number of imide groups is 1. The molecule has 31 heavy (non-hydrogen) atoms. The van der Waals surface area contributed by atoms with Crippen molar-refractivity contribution >= 4 is 39.5 Å². The molecule has 8 nitrogen and oxygen atoms in total. The number of hydrogen-bond acceptors (Lipinski definition) is 7. The van der Waals surface area contributed by atoms with Crippen LogP contribution in [-0.2, 0) is 16.1 Å². The van der Waals surface area contributed by atoms with Gasteiger partial charge in [-0.15, -0.1) is 0 Å². The van der Waals surface area contributed by atoms with Gasteiger partial charge in [-0.05, 0) is 42.3 Å². The van der Waals surface area contributed by atoms with E-state index < -0.39 is 18.0 Å². The van der Waals surface area contributed by atoms with E-state index in [0.29, 0.717) is 35.6 Å². The molecule has 0 fully saturated rings. The highest BCUT2D eigenvalue weighted by atomic mass is 79.9. The second-order valence-corrected chi connectivity index (χ2v) is 7.51. The van der Waals surface area contributed by atoms with E-state index >= 15 is 0 Å². The molecule has 1 aliphatic rings. The fourth-order valence-corrected chi connectivity index (χ4v) is 3.28. The number of ether oxygens (including phenoxy) is 3. The highest BCUT2D eigenvalue weighted by Crippen LogP contribution is 2.30. The Kier molecular flexibility index (Phi) is 7.30. The highest BCUT2D eigenvalue weighted by molar-refractivity contribution is 9.10. The van der Waals surface area contributed by atoms with Crippen LogP contribution >= 0.6 is 15.9 Å². The molecule has 9 heteroatoms. The molecule has 1 heterocycles. The molecule has 0 bridgehead atoms. The summed E-state index contributed by atoms with van der Waals surface area (Å²) in [6.07, 6.45) is 1.51. The molecule has 0 spiro atoms. The van der Waals surface area contributed by atoms with Crippen LogP contribution in [0.25, 0.3) is 5.57 Å². The van der Waals surface area contributed by atoms with Crippen molar-refractivity contribution < 1.29 is 28.6 Å². The summed E-state index contributed by atoms with van der Waals surface area (Å²) in [7, 11) is 1.22. The van der Waals surface area contributed by atoms with Gasteiger partial charge in [0.05, 0.1) is 19.3 Å². The molecule has 0 aliphatic carbocycles. The number of halogens is 1. The van der Waals surface area contributed by atoms with E-state index in [-0.39, 0.29) is 5.75 Å². The Morgan fingerprint density at radius 2 is 1.90 bits per heavy atom. The number of benzene rings is 2. The second-order valence-electron chi connectivity index (χ2n) is 6.60. The first kappa shape index (κ1) is 22.4. The Morgan fingerprint density at radius 3 is 2.65 bits per heavy atom. The molecule has 3 rings (SSSR count). The largest absolute Gasteiger partial charge is 0.513 e. The van der Waals surface area contributed by atoms with Gasteiger partial charge in [0.25, 0.3) is 11.8 Å². The van der Waals surface area contributed by atoms with Crippen molar-refractivity contribution in [2.75, 3.05) is 13.7 Å². The third-order valence-electron chi connectivity index (χ3n) is 4.37. The van der Waals surface area contributed by atoms with Crippen molar-refractivity contribution in [2.45, 2.75) is 19.9 Å². The standard InChI is InChI=1S/C22H21BrN2O6/c1-3-8-30-18-7-4-13(9-19(18)31-22(28)29-2)11-24-12-17-16-10-14(23)5-6-15(16)20(26)25-21(17)27/h4-7,9-10,12,24H,3,8,11H2,1-2H3,(H,25,26,27)/b17-12-. The normalized spacial score (nSPS) is 14.0. The van der Waals surface area contributed by atoms with E-state index in [1.807, 2.05) is 13.0 Å². The first-order valence-electron chi connectivity index (χ1n) is 9.53. The quantitative estimate of drug-likeness (QED) is 0.264. The van der Waals surface area contributed by atoms with Crippen molar-refractivity contribution in [2.24, 2.45) is 0 Å². The smallest absolute Gasteiger partial charge is 0.490 e. The van der Waals surface area contributed by atoms with Gasteiger partial charge in [0, 0.05) is 28.3 Å². The zero-order chi connectivity index (χ0) is 22.4. The number of carbonyl (C=O) groups excluding carboxylic acids is 3. The second kappa shape index (κ2) is 10.1. The maximum atomic E-state index is 12.3. The molecule has 0 unspecified atom stereocenters. The van der Waals surface area contributed by atoms with E-state index in [0.717, 1.165) is 16.5 Å². The Morgan fingerprint density at radius 1 is 1.10 bits per heavy atom. The van der Waals surface area contributed by atoms with Gasteiger partial charge < -0.3 is 19.5 Å². The van der Waals surface area contributed by atoms with Gasteiger partial charge in [-0.1, -0.05) is 28.9 Å². The molecule has 2 amide bonds. The average Bonchev–Trinajstić information content (AvgIpc) is 2.75. The molecule has 0 radical (unpaired) electrons. The molecule has 1 aliphatic heterocycles. The molecule has 2 N–H and O–H groups in total. The van der Waals surface area contributed by atoms with Crippen LogP contribution < -0.4 is 20.1 Å².